The lowest BCUT2D eigenvalue weighted by Gasteiger charge is -2.38. The van der Waals surface area contributed by atoms with Crippen molar-refractivity contribution in [3.8, 4) is 0 Å². The fourth-order valence-electron chi connectivity index (χ4n) is 4.11. The second-order valence-electron chi connectivity index (χ2n) is 8.08. The van der Waals surface area contributed by atoms with E-state index in [2.05, 4.69) is 9.88 Å². The van der Waals surface area contributed by atoms with Gasteiger partial charge in [0, 0.05) is 41.6 Å². The van der Waals surface area contributed by atoms with Crippen LogP contribution in [0.25, 0.3) is 10.9 Å². The van der Waals surface area contributed by atoms with Crippen molar-refractivity contribution >= 4 is 21.7 Å². The summed E-state index contributed by atoms with van der Waals surface area (Å²) in [6, 6.07) is 12.5. The Balaban J connectivity index is 1.32. The van der Waals surface area contributed by atoms with Crippen LogP contribution in [-0.2, 0) is 17.2 Å². The molecule has 1 unspecified atom stereocenters. The lowest BCUT2D eigenvalue weighted by molar-refractivity contribution is -0.00147. The van der Waals surface area contributed by atoms with Gasteiger partial charge in [0.2, 0.25) is 0 Å². The van der Waals surface area contributed by atoms with Gasteiger partial charge in [-0.1, -0.05) is 18.2 Å². The number of aliphatic hydroxyl groups is 1. The van der Waals surface area contributed by atoms with Crippen LogP contribution in [0.3, 0.4) is 0 Å². The van der Waals surface area contributed by atoms with Crippen molar-refractivity contribution in [1.82, 2.24) is 9.88 Å². The van der Waals surface area contributed by atoms with Gasteiger partial charge in [0.15, 0.2) is 0 Å². The van der Waals surface area contributed by atoms with Crippen molar-refractivity contribution in [3.05, 3.63) is 65.6 Å². The first-order valence-corrected chi connectivity index (χ1v) is 11.4. The molecule has 0 spiro atoms. The number of nitrogens with zero attached hydrogens (tertiary/aromatic N) is 1. The first-order chi connectivity index (χ1) is 13.9. The minimum Gasteiger partial charge on any atom is -0.389 e. The van der Waals surface area contributed by atoms with Gasteiger partial charge in [0.05, 0.1) is 22.2 Å². The lowest BCUT2D eigenvalue weighted by atomic mass is 9.93. The Bertz CT molecular complexity index is 1020. The highest BCUT2D eigenvalue weighted by atomic mass is 32.2. The van der Waals surface area contributed by atoms with Crippen LogP contribution in [0.5, 0.6) is 0 Å². The third kappa shape index (κ3) is 4.60. The number of nitrogens with one attached hydrogen (secondary N) is 1. The molecule has 0 saturated carbocycles. The largest absolute Gasteiger partial charge is 0.389 e. The first-order valence-electron chi connectivity index (χ1n) is 10.1. The van der Waals surface area contributed by atoms with Crippen molar-refractivity contribution < 1.29 is 13.7 Å². The van der Waals surface area contributed by atoms with Gasteiger partial charge in [-0.15, -0.1) is 0 Å². The molecule has 2 heterocycles. The zero-order chi connectivity index (χ0) is 20.4. The molecule has 2 aromatic carbocycles. The molecular formula is C23H27FN2O2S. The van der Waals surface area contributed by atoms with E-state index < -0.39 is 16.4 Å². The maximum absolute atomic E-state index is 13.5. The van der Waals surface area contributed by atoms with E-state index in [0.29, 0.717) is 12.8 Å². The SMILES string of the molecule is Cc1ccccc1S(=O)CC1(O)CCN(CCc2c[nH]c3ccc(F)cc23)CC1. The topological polar surface area (TPSA) is 56.3 Å². The van der Waals surface area contributed by atoms with Crippen LogP contribution in [0.1, 0.15) is 24.0 Å². The number of benzene rings is 2. The van der Waals surface area contributed by atoms with E-state index in [9.17, 15) is 13.7 Å². The molecule has 0 radical (unpaired) electrons. The summed E-state index contributed by atoms with van der Waals surface area (Å²) in [6.07, 6.45) is 4.02. The fourth-order valence-corrected chi connectivity index (χ4v) is 5.70. The molecule has 6 heteroatoms. The zero-order valence-corrected chi connectivity index (χ0v) is 17.5. The molecule has 1 aromatic heterocycles. The summed E-state index contributed by atoms with van der Waals surface area (Å²) >= 11 is 0. The minimum absolute atomic E-state index is 0.219. The molecule has 3 aromatic rings. The quantitative estimate of drug-likeness (QED) is 0.645. The first kappa shape index (κ1) is 20.3. The number of aryl methyl sites for hydroxylation is 1. The molecule has 29 heavy (non-hydrogen) atoms. The van der Waals surface area contributed by atoms with Gasteiger partial charge in [-0.05, 0) is 61.6 Å². The van der Waals surface area contributed by atoms with Crippen molar-refractivity contribution in [3.63, 3.8) is 0 Å². The van der Waals surface area contributed by atoms with Crippen molar-refractivity contribution in [2.75, 3.05) is 25.4 Å². The summed E-state index contributed by atoms with van der Waals surface area (Å²) in [7, 11) is -1.20. The van der Waals surface area contributed by atoms with Gasteiger partial charge >= 0.3 is 0 Å². The molecular weight excluding hydrogens is 387 g/mol. The second-order valence-corrected chi connectivity index (χ2v) is 9.49. The van der Waals surface area contributed by atoms with Crippen LogP contribution in [-0.4, -0.2) is 50.2 Å². The summed E-state index contributed by atoms with van der Waals surface area (Å²) in [4.78, 5) is 6.34. The molecule has 4 nitrogen and oxygen atoms in total. The molecule has 0 aliphatic carbocycles. The molecule has 154 valence electrons. The standard InChI is InChI=1S/C23H27FN2O2S/c1-17-4-2-3-5-22(17)29(28)16-23(27)9-12-26(13-10-23)11-8-18-15-25-21-7-6-19(24)14-20(18)21/h2-7,14-15,25,27H,8-13,16H2,1H3. The van der Waals surface area contributed by atoms with Crippen LogP contribution >= 0.6 is 0 Å². The zero-order valence-electron chi connectivity index (χ0n) is 16.7. The number of halogens is 1. The van der Waals surface area contributed by atoms with Gasteiger partial charge in [-0.2, -0.15) is 0 Å². The highest BCUT2D eigenvalue weighted by molar-refractivity contribution is 7.85. The number of likely N-dealkylation sites (tertiary alicyclic amines) is 1. The van der Waals surface area contributed by atoms with Crippen LogP contribution in [0.4, 0.5) is 4.39 Å². The maximum atomic E-state index is 13.5. The Kier molecular flexibility index (Phi) is 5.86. The summed E-state index contributed by atoms with van der Waals surface area (Å²) in [6.45, 7) is 4.37. The van der Waals surface area contributed by atoms with E-state index in [1.165, 1.54) is 6.07 Å². The average Bonchev–Trinajstić information content (AvgIpc) is 3.10. The molecule has 1 fully saturated rings. The van der Waals surface area contributed by atoms with E-state index in [0.717, 1.165) is 53.0 Å². The van der Waals surface area contributed by atoms with Gasteiger partial charge in [0.25, 0.3) is 0 Å². The molecule has 1 atom stereocenters. The van der Waals surface area contributed by atoms with Gasteiger partial charge < -0.3 is 15.0 Å². The summed E-state index contributed by atoms with van der Waals surface area (Å²) in [5.74, 6) is 0.0657. The molecule has 0 bridgehead atoms. The molecule has 1 aliphatic heterocycles. The highest BCUT2D eigenvalue weighted by Gasteiger charge is 2.34. The van der Waals surface area contributed by atoms with E-state index in [1.54, 1.807) is 12.1 Å². The van der Waals surface area contributed by atoms with E-state index in [-0.39, 0.29) is 11.6 Å². The lowest BCUT2D eigenvalue weighted by Crippen LogP contribution is -2.47. The minimum atomic E-state index is -1.20. The Hall–Kier alpha value is -2.02. The van der Waals surface area contributed by atoms with Crippen LogP contribution in [0, 0.1) is 12.7 Å². The van der Waals surface area contributed by atoms with Gasteiger partial charge in [-0.25, -0.2) is 4.39 Å². The highest BCUT2D eigenvalue weighted by Crippen LogP contribution is 2.27. The van der Waals surface area contributed by atoms with Crippen molar-refractivity contribution in [2.24, 2.45) is 0 Å². The smallest absolute Gasteiger partial charge is 0.123 e. The van der Waals surface area contributed by atoms with Crippen molar-refractivity contribution in [1.29, 1.82) is 0 Å². The third-order valence-corrected chi connectivity index (χ3v) is 7.70. The monoisotopic (exact) mass is 414 g/mol. The van der Waals surface area contributed by atoms with Crippen LogP contribution in [0.2, 0.25) is 0 Å². The Morgan fingerprint density at radius 1 is 1.21 bits per heavy atom. The summed E-state index contributed by atoms with van der Waals surface area (Å²) in [5.41, 5.74) is 2.18. The van der Waals surface area contributed by atoms with E-state index >= 15 is 0 Å². The summed E-state index contributed by atoms with van der Waals surface area (Å²) in [5, 5.41) is 11.9. The Labute approximate surface area is 173 Å². The predicted octanol–water partition coefficient (Wildman–Crippen LogP) is 3.79. The Morgan fingerprint density at radius 3 is 2.72 bits per heavy atom. The van der Waals surface area contributed by atoms with Crippen molar-refractivity contribution in [2.45, 2.75) is 36.7 Å². The molecule has 0 amide bonds. The number of H-pyrrole nitrogens is 1. The fraction of sp³-hybridized carbons (Fsp3) is 0.391. The van der Waals surface area contributed by atoms with Crippen LogP contribution < -0.4 is 0 Å². The number of aromatic amines is 1. The van der Waals surface area contributed by atoms with E-state index in [4.69, 9.17) is 0 Å². The maximum Gasteiger partial charge on any atom is 0.123 e. The number of hydrogen-bond acceptors (Lipinski definition) is 3. The number of piperidine rings is 1. The van der Waals surface area contributed by atoms with Gasteiger partial charge in [0.1, 0.15) is 5.82 Å². The molecule has 2 N–H and O–H groups in total. The Morgan fingerprint density at radius 2 is 1.97 bits per heavy atom. The number of fused-ring (bicyclic) bond motifs is 1. The van der Waals surface area contributed by atoms with Gasteiger partial charge in [-0.3, -0.25) is 4.21 Å². The molecule has 1 saturated heterocycles. The van der Waals surface area contributed by atoms with E-state index in [1.807, 2.05) is 37.4 Å². The summed E-state index contributed by atoms with van der Waals surface area (Å²) < 4.78 is 26.3. The number of rotatable bonds is 6. The third-order valence-electron chi connectivity index (χ3n) is 5.95. The average molecular weight is 415 g/mol. The normalized spacial score (nSPS) is 18.2. The van der Waals surface area contributed by atoms with Crippen LogP contribution in [0.15, 0.2) is 53.6 Å². The predicted molar refractivity (Wildman–Crippen MR) is 115 cm³/mol. The second kappa shape index (κ2) is 8.38. The molecule has 1 aliphatic rings. The number of hydrogen-bond donors (Lipinski definition) is 2. The number of aromatic nitrogens is 1. The molecule has 4 rings (SSSR count).